The third-order valence-corrected chi connectivity index (χ3v) is 2.97. The van der Waals surface area contributed by atoms with Gasteiger partial charge in [-0.15, -0.1) is 0 Å². The Labute approximate surface area is 102 Å². The Morgan fingerprint density at radius 1 is 1.12 bits per heavy atom. The van der Waals surface area contributed by atoms with Gasteiger partial charge in [0, 0.05) is 5.92 Å². The van der Waals surface area contributed by atoms with Crippen LogP contribution in [0, 0.1) is 5.92 Å². The molecule has 0 aromatic heterocycles. The Bertz CT molecular complexity index is 384. The monoisotopic (exact) mass is 242 g/mol. The summed E-state index contributed by atoms with van der Waals surface area (Å²) in [4.78, 5) is 0. The van der Waals surface area contributed by atoms with E-state index in [2.05, 4.69) is 0 Å². The van der Waals surface area contributed by atoms with E-state index < -0.39 is 11.8 Å². The Morgan fingerprint density at radius 3 is 2.12 bits per heavy atom. The Kier molecular flexibility index (Phi) is 4.12. The van der Waals surface area contributed by atoms with Crippen molar-refractivity contribution in [2.75, 3.05) is 7.11 Å². The molecule has 96 valence electrons. The second-order valence-corrected chi connectivity index (χ2v) is 4.89. The van der Waals surface area contributed by atoms with Crippen molar-refractivity contribution in [1.82, 2.24) is 0 Å². The van der Waals surface area contributed by atoms with Crippen LogP contribution in [0.1, 0.15) is 44.7 Å². The molecule has 0 saturated carbocycles. The van der Waals surface area contributed by atoms with Crippen LogP contribution in [0.2, 0.25) is 0 Å². The van der Waals surface area contributed by atoms with Crippen molar-refractivity contribution in [3.63, 3.8) is 0 Å². The highest BCUT2D eigenvalue weighted by Gasteiger charge is 2.38. The molecule has 0 aliphatic carbocycles. The van der Waals surface area contributed by atoms with Gasteiger partial charge >= 0.3 is 0 Å². The summed E-state index contributed by atoms with van der Waals surface area (Å²) in [7, 11) is 1.42. The van der Waals surface area contributed by atoms with E-state index in [0.717, 1.165) is 5.56 Å². The van der Waals surface area contributed by atoms with Crippen LogP contribution in [0.15, 0.2) is 18.2 Å². The molecule has 1 rings (SSSR count). The molecular formula is C14H20F2O. The van der Waals surface area contributed by atoms with Crippen molar-refractivity contribution in [2.45, 2.75) is 39.5 Å². The van der Waals surface area contributed by atoms with Crippen LogP contribution in [0.3, 0.4) is 0 Å². The largest absolute Gasteiger partial charge is 0.496 e. The first kappa shape index (κ1) is 13.9. The highest BCUT2D eigenvalue weighted by atomic mass is 19.3. The molecule has 0 N–H and O–H groups in total. The first-order valence-corrected chi connectivity index (χ1v) is 5.87. The fourth-order valence-corrected chi connectivity index (χ4v) is 1.66. The molecule has 1 nitrogen and oxygen atoms in total. The van der Waals surface area contributed by atoms with Crippen LogP contribution in [-0.4, -0.2) is 7.11 Å². The van der Waals surface area contributed by atoms with Crippen LogP contribution >= 0.6 is 0 Å². The van der Waals surface area contributed by atoms with Crippen LogP contribution < -0.4 is 4.74 Å². The van der Waals surface area contributed by atoms with Crippen molar-refractivity contribution in [1.29, 1.82) is 0 Å². The summed E-state index contributed by atoms with van der Waals surface area (Å²) in [6, 6.07) is 5.02. The maximum Gasteiger partial charge on any atom is 0.279 e. The van der Waals surface area contributed by atoms with Gasteiger partial charge in [0.2, 0.25) is 0 Å². The molecule has 0 radical (unpaired) electrons. The van der Waals surface area contributed by atoms with E-state index >= 15 is 0 Å². The molecular weight excluding hydrogens is 222 g/mol. The highest BCUT2D eigenvalue weighted by molar-refractivity contribution is 5.41. The molecule has 0 heterocycles. The van der Waals surface area contributed by atoms with Gasteiger partial charge in [0.15, 0.2) is 0 Å². The van der Waals surface area contributed by atoms with Crippen molar-refractivity contribution < 1.29 is 13.5 Å². The minimum absolute atomic E-state index is 0.0128. The molecule has 0 aliphatic rings. The molecule has 1 aromatic rings. The van der Waals surface area contributed by atoms with Gasteiger partial charge in [0.25, 0.3) is 5.92 Å². The predicted molar refractivity (Wildman–Crippen MR) is 65.8 cm³/mol. The van der Waals surface area contributed by atoms with Crippen molar-refractivity contribution in [2.24, 2.45) is 5.92 Å². The second-order valence-electron chi connectivity index (χ2n) is 4.89. The standard InChI is InChI=1S/C14H20F2O/c1-9(2)11-6-7-13(17-5)12(8-11)14(15,16)10(3)4/h6-10H,1-5H3. The summed E-state index contributed by atoms with van der Waals surface area (Å²) in [6.07, 6.45) is 0. The number of halogens is 2. The molecule has 0 unspecified atom stereocenters. The molecule has 0 fully saturated rings. The van der Waals surface area contributed by atoms with Gasteiger partial charge in [-0.05, 0) is 23.6 Å². The Hall–Kier alpha value is -1.12. The lowest BCUT2D eigenvalue weighted by molar-refractivity contribution is -0.0531. The van der Waals surface area contributed by atoms with Crippen LogP contribution in [0.4, 0.5) is 8.78 Å². The van der Waals surface area contributed by atoms with Gasteiger partial charge in [-0.2, -0.15) is 0 Å². The minimum Gasteiger partial charge on any atom is -0.496 e. The van der Waals surface area contributed by atoms with E-state index in [0.29, 0.717) is 0 Å². The first-order chi connectivity index (χ1) is 7.80. The fourth-order valence-electron chi connectivity index (χ4n) is 1.66. The number of rotatable bonds is 4. The molecule has 0 atom stereocenters. The molecule has 0 saturated heterocycles. The topological polar surface area (TPSA) is 9.23 Å². The average Bonchev–Trinajstić information content (AvgIpc) is 2.27. The number of hydrogen-bond acceptors (Lipinski definition) is 1. The van der Waals surface area contributed by atoms with Crippen LogP contribution in [0.25, 0.3) is 0 Å². The zero-order chi connectivity index (χ0) is 13.2. The number of ether oxygens (including phenoxy) is 1. The van der Waals surface area contributed by atoms with Crippen LogP contribution in [0.5, 0.6) is 5.75 Å². The molecule has 0 bridgehead atoms. The number of hydrogen-bond donors (Lipinski definition) is 0. The molecule has 3 heteroatoms. The number of alkyl halides is 2. The normalized spacial score (nSPS) is 12.3. The smallest absolute Gasteiger partial charge is 0.279 e. The van der Waals surface area contributed by atoms with E-state index in [1.54, 1.807) is 12.1 Å². The third-order valence-electron chi connectivity index (χ3n) is 2.97. The summed E-state index contributed by atoms with van der Waals surface area (Å²) >= 11 is 0. The summed E-state index contributed by atoms with van der Waals surface area (Å²) in [5.41, 5.74) is 0.891. The third kappa shape index (κ3) is 2.76. The zero-order valence-corrected chi connectivity index (χ0v) is 11.1. The van der Waals surface area contributed by atoms with E-state index in [4.69, 9.17) is 4.74 Å². The fraction of sp³-hybridized carbons (Fsp3) is 0.571. The molecule has 0 spiro atoms. The van der Waals surface area contributed by atoms with Crippen molar-refractivity contribution in [3.05, 3.63) is 29.3 Å². The van der Waals surface area contributed by atoms with Gasteiger partial charge in [-0.25, -0.2) is 8.78 Å². The molecule has 17 heavy (non-hydrogen) atoms. The lowest BCUT2D eigenvalue weighted by Crippen LogP contribution is -2.22. The van der Waals surface area contributed by atoms with Gasteiger partial charge in [0.05, 0.1) is 12.7 Å². The number of benzene rings is 1. The van der Waals surface area contributed by atoms with Gasteiger partial charge in [-0.3, -0.25) is 0 Å². The van der Waals surface area contributed by atoms with E-state index in [1.807, 2.05) is 19.9 Å². The summed E-state index contributed by atoms with van der Waals surface area (Å²) in [5, 5.41) is 0. The van der Waals surface area contributed by atoms with Gasteiger partial charge in [0.1, 0.15) is 5.75 Å². The van der Waals surface area contributed by atoms with Crippen molar-refractivity contribution in [3.8, 4) is 5.75 Å². The Morgan fingerprint density at radius 2 is 1.71 bits per heavy atom. The maximum atomic E-state index is 14.1. The SMILES string of the molecule is COc1ccc(C(C)C)cc1C(F)(F)C(C)C. The number of methoxy groups -OCH3 is 1. The molecule has 0 aliphatic heterocycles. The highest BCUT2D eigenvalue weighted by Crippen LogP contribution is 2.41. The summed E-state index contributed by atoms with van der Waals surface area (Å²) < 4.78 is 33.2. The first-order valence-electron chi connectivity index (χ1n) is 5.87. The maximum absolute atomic E-state index is 14.1. The lowest BCUT2D eigenvalue weighted by Gasteiger charge is -2.24. The molecule has 1 aromatic carbocycles. The average molecular weight is 242 g/mol. The quantitative estimate of drug-likeness (QED) is 0.751. The zero-order valence-electron chi connectivity index (χ0n) is 11.1. The van der Waals surface area contributed by atoms with Crippen LogP contribution in [-0.2, 0) is 5.92 Å². The second kappa shape index (κ2) is 5.03. The summed E-state index contributed by atoms with van der Waals surface area (Å²) in [6.45, 7) is 7.00. The minimum atomic E-state index is -2.86. The lowest BCUT2D eigenvalue weighted by atomic mass is 9.92. The molecule has 0 amide bonds. The summed E-state index contributed by atoms with van der Waals surface area (Å²) in [5.74, 6) is -3.13. The van der Waals surface area contributed by atoms with Crippen molar-refractivity contribution >= 4 is 0 Å². The van der Waals surface area contributed by atoms with E-state index in [1.165, 1.54) is 21.0 Å². The predicted octanol–water partition coefficient (Wildman–Crippen LogP) is 4.57. The Balaban J connectivity index is 3.33. The van der Waals surface area contributed by atoms with E-state index in [-0.39, 0.29) is 17.2 Å². The van der Waals surface area contributed by atoms with E-state index in [9.17, 15) is 8.78 Å². The van der Waals surface area contributed by atoms with Gasteiger partial charge < -0.3 is 4.74 Å². The van der Waals surface area contributed by atoms with Gasteiger partial charge in [-0.1, -0.05) is 33.8 Å².